The predicted octanol–water partition coefficient (Wildman–Crippen LogP) is 2.44. The summed E-state index contributed by atoms with van der Waals surface area (Å²) in [7, 11) is 0. The van der Waals surface area contributed by atoms with Crippen molar-refractivity contribution in [3.63, 3.8) is 0 Å². The number of halogens is 1. The predicted molar refractivity (Wildman–Crippen MR) is 53.6 cm³/mol. The van der Waals surface area contributed by atoms with Gasteiger partial charge in [-0.25, -0.2) is 4.79 Å². The van der Waals surface area contributed by atoms with E-state index in [-0.39, 0.29) is 5.97 Å². The summed E-state index contributed by atoms with van der Waals surface area (Å²) in [5.41, 5.74) is 0.589. The van der Waals surface area contributed by atoms with E-state index in [9.17, 15) is 4.79 Å². The number of ether oxygens (including phenoxy) is 1. The van der Waals surface area contributed by atoms with Crippen LogP contribution in [0, 0.1) is 0 Å². The summed E-state index contributed by atoms with van der Waals surface area (Å²) < 4.78 is 5.58. The maximum atomic E-state index is 10.9. The van der Waals surface area contributed by atoms with Crippen LogP contribution in [0.1, 0.15) is 13.8 Å². The van der Waals surface area contributed by atoms with Crippen LogP contribution in [0.25, 0.3) is 0 Å². The third-order valence-electron chi connectivity index (χ3n) is 0.971. The van der Waals surface area contributed by atoms with Crippen molar-refractivity contribution in [2.75, 3.05) is 6.61 Å². The molecule has 0 saturated carbocycles. The molecule has 0 aromatic rings. The SMILES string of the molecule is C=C(I)/C=C(/C)C(=O)OCC. The second kappa shape index (κ2) is 5.35. The number of esters is 1. The second-order valence-electron chi connectivity index (χ2n) is 1.99. The van der Waals surface area contributed by atoms with Crippen LogP contribution in [0.4, 0.5) is 0 Å². The van der Waals surface area contributed by atoms with Crippen molar-refractivity contribution in [2.45, 2.75) is 13.8 Å². The Balaban J connectivity index is 4.12. The molecule has 2 nitrogen and oxygen atoms in total. The van der Waals surface area contributed by atoms with Gasteiger partial charge in [-0.3, -0.25) is 0 Å². The van der Waals surface area contributed by atoms with Gasteiger partial charge >= 0.3 is 5.97 Å². The number of hydrogen-bond donors (Lipinski definition) is 0. The Labute approximate surface area is 80.5 Å². The average molecular weight is 266 g/mol. The number of rotatable bonds is 3. The van der Waals surface area contributed by atoms with E-state index in [2.05, 4.69) is 6.58 Å². The minimum absolute atomic E-state index is 0.273. The van der Waals surface area contributed by atoms with E-state index in [1.54, 1.807) is 19.9 Å². The second-order valence-corrected chi connectivity index (χ2v) is 3.38. The summed E-state index contributed by atoms with van der Waals surface area (Å²) in [6.07, 6.45) is 1.69. The molecule has 0 aromatic heterocycles. The van der Waals surface area contributed by atoms with Gasteiger partial charge in [0.25, 0.3) is 0 Å². The fraction of sp³-hybridized carbons (Fsp3) is 0.375. The van der Waals surface area contributed by atoms with E-state index < -0.39 is 0 Å². The van der Waals surface area contributed by atoms with Gasteiger partial charge in [-0.05, 0) is 42.5 Å². The lowest BCUT2D eigenvalue weighted by molar-refractivity contribution is -0.138. The van der Waals surface area contributed by atoms with E-state index in [0.29, 0.717) is 12.2 Å². The molecule has 0 aromatic carbocycles. The first-order valence-corrected chi connectivity index (χ1v) is 4.35. The Bertz CT molecular complexity index is 194. The zero-order valence-corrected chi connectivity index (χ0v) is 8.84. The summed E-state index contributed by atoms with van der Waals surface area (Å²) in [6.45, 7) is 7.55. The highest BCUT2D eigenvalue weighted by molar-refractivity contribution is 14.1. The molecule has 11 heavy (non-hydrogen) atoms. The van der Waals surface area contributed by atoms with Crippen LogP contribution in [0.15, 0.2) is 21.8 Å². The lowest BCUT2D eigenvalue weighted by Crippen LogP contribution is -2.04. The zero-order chi connectivity index (χ0) is 8.85. The number of allylic oxidation sites excluding steroid dienone is 2. The Morgan fingerprint density at radius 3 is 2.64 bits per heavy atom. The van der Waals surface area contributed by atoms with Gasteiger partial charge in [0, 0.05) is 9.15 Å². The first-order valence-electron chi connectivity index (χ1n) is 3.27. The van der Waals surface area contributed by atoms with Gasteiger partial charge in [0.15, 0.2) is 0 Å². The topological polar surface area (TPSA) is 26.3 Å². The monoisotopic (exact) mass is 266 g/mol. The quantitative estimate of drug-likeness (QED) is 0.339. The molecular formula is C8H11IO2. The van der Waals surface area contributed by atoms with Crippen LogP contribution in [0.2, 0.25) is 0 Å². The van der Waals surface area contributed by atoms with Crippen LogP contribution >= 0.6 is 22.6 Å². The Hall–Kier alpha value is -0.320. The number of carbonyl (C=O) groups excluding carboxylic acids is 1. The third-order valence-corrected chi connectivity index (χ3v) is 1.28. The van der Waals surface area contributed by atoms with Crippen molar-refractivity contribution in [2.24, 2.45) is 0 Å². The Morgan fingerprint density at radius 2 is 2.27 bits per heavy atom. The molecule has 0 saturated heterocycles. The van der Waals surface area contributed by atoms with E-state index in [4.69, 9.17) is 4.74 Å². The molecule has 0 atom stereocenters. The van der Waals surface area contributed by atoms with Crippen LogP contribution in [-0.4, -0.2) is 12.6 Å². The number of hydrogen-bond acceptors (Lipinski definition) is 2. The average Bonchev–Trinajstić information content (AvgIpc) is 1.86. The normalized spacial score (nSPS) is 11.0. The zero-order valence-electron chi connectivity index (χ0n) is 6.69. The summed E-state index contributed by atoms with van der Waals surface area (Å²) >= 11 is 2.04. The van der Waals surface area contributed by atoms with Gasteiger partial charge in [-0.15, -0.1) is 0 Å². The van der Waals surface area contributed by atoms with E-state index in [1.807, 2.05) is 22.6 Å². The maximum absolute atomic E-state index is 10.9. The molecule has 0 spiro atoms. The molecule has 0 aliphatic rings. The van der Waals surface area contributed by atoms with E-state index in [0.717, 1.165) is 3.58 Å². The first kappa shape index (κ1) is 10.7. The molecular weight excluding hydrogens is 255 g/mol. The highest BCUT2D eigenvalue weighted by Crippen LogP contribution is 2.08. The summed E-state index contributed by atoms with van der Waals surface area (Å²) in [5, 5.41) is 0. The molecule has 0 N–H and O–H groups in total. The molecule has 0 amide bonds. The fourth-order valence-electron chi connectivity index (χ4n) is 0.539. The standard InChI is InChI=1S/C8H11IO2/c1-4-11-8(10)6(2)5-7(3)9/h5H,3-4H2,1-2H3/b6-5-. The van der Waals surface area contributed by atoms with Gasteiger partial charge in [-0.2, -0.15) is 0 Å². The van der Waals surface area contributed by atoms with Gasteiger partial charge in [0.1, 0.15) is 0 Å². The van der Waals surface area contributed by atoms with Crippen molar-refractivity contribution in [1.82, 2.24) is 0 Å². The molecule has 0 bridgehead atoms. The molecule has 0 fully saturated rings. The van der Waals surface area contributed by atoms with Crippen LogP contribution in [-0.2, 0) is 9.53 Å². The van der Waals surface area contributed by atoms with Crippen molar-refractivity contribution in [3.05, 3.63) is 21.8 Å². The maximum Gasteiger partial charge on any atom is 0.333 e. The van der Waals surface area contributed by atoms with Crippen LogP contribution < -0.4 is 0 Å². The van der Waals surface area contributed by atoms with Gasteiger partial charge < -0.3 is 4.74 Å². The summed E-state index contributed by atoms with van der Waals surface area (Å²) in [6, 6.07) is 0. The highest BCUT2D eigenvalue weighted by atomic mass is 127. The molecule has 0 heterocycles. The van der Waals surface area contributed by atoms with Crippen molar-refractivity contribution in [3.8, 4) is 0 Å². The van der Waals surface area contributed by atoms with Crippen molar-refractivity contribution < 1.29 is 9.53 Å². The Morgan fingerprint density at radius 1 is 1.73 bits per heavy atom. The Kier molecular flexibility index (Phi) is 5.19. The van der Waals surface area contributed by atoms with Crippen LogP contribution in [0.5, 0.6) is 0 Å². The lowest BCUT2D eigenvalue weighted by Gasteiger charge is -1.99. The molecule has 0 rings (SSSR count). The minimum atomic E-state index is -0.273. The molecule has 0 unspecified atom stereocenters. The van der Waals surface area contributed by atoms with Gasteiger partial charge in [0.05, 0.1) is 6.61 Å². The van der Waals surface area contributed by atoms with Gasteiger partial charge in [0.2, 0.25) is 0 Å². The molecule has 3 heteroatoms. The largest absolute Gasteiger partial charge is 0.463 e. The lowest BCUT2D eigenvalue weighted by atomic mass is 10.3. The molecule has 0 aliphatic carbocycles. The molecule has 0 radical (unpaired) electrons. The third kappa shape index (κ3) is 5.01. The molecule has 62 valence electrons. The van der Waals surface area contributed by atoms with Crippen LogP contribution in [0.3, 0.4) is 0 Å². The van der Waals surface area contributed by atoms with Crippen molar-refractivity contribution in [1.29, 1.82) is 0 Å². The summed E-state index contributed by atoms with van der Waals surface area (Å²) in [5.74, 6) is -0.273. The first-order chi connectivity index (χ1) is 5.07. The summed E-state index contributed by atoms with van der Waals surface area (Å²) in [4.78, 5) is 10.9. The fourth-order valence-corrected chi connectivity index (χ4v) is 1.01. The molecule has 0 aliphatic heterocycles. The highest BCUT2D eigenvalue weighted by Gasteiger charge is 2.02. The smallest absolute Gasteiger partial charge is 0.333 e. The van der Waals surface area contributed by atoms with E-state index >= 15 is 0 Å². The van der Waals surface area contributed by atoms with Gasteiger partial charge in [-0.1, -0.05) is 6.58 Å². The minimum Gasteiger partial charge on any atom is -0.463 e. The number of carbonyl (C=O) groups is 1. The van der Waals surface area contributed by atoms with Crippen molar-refractivity contribution >= 4 is 28.6 Å². The van der Waals surface area contributed by atoms with E-state index in [1.165, 1.54) is 0 Å².